The first-order chi connectivity index (χ1) is 8.59. The second-order valence-corrected chi connectivity index (χ2v) is 4.33. The Labute approximate surface area is 105 Å². The monoisotopic (exact) mass is 249 g/mol. The van der Waals surface area contributed by atoms with Crippen molar-refractivity contribution >= 4 is 17.6 Å². The Morgan fingerprint density at radius 3 is 2.83 bits per heavy atom. The molecule has 1 aliphatic heterocycles. The van der Waals surface area contributed by atoms with Crippen molar-refractivity contribution < 1.29 is 19.4 Å². The number of aromatic carboxylic acids is 1. The molecule has 0 bridgehead atoms. The molecule has 0 aromatic heterocycles. The first-order valence-electron chi connectivity index (χ1n) is 5.81. The van der Waals surface area contributed by atoms with E-state index < -0.39 is 5.97 Å². The number of rotatable bonds is 3. The highest BCUT2D eigenvalue weighted by Gasteiger charge is 2.24. The van der Waals surface area contributed by atoms with Crippen LogP contribution in [-0.2, 0) is 9.53 Å². The molecular formula is C13H15NO4. The summed E-state index contributed by atoms with van der Waals surface area (Å²) in [4.78, 5) is 22.9. The van der Waals surface area contributed by atoms with Crippen molar-refractivity contribution in [1.29, 1.82) is 0 Å². The lowest BCUT2D eigenvalue weighted by atomic mass is 10.0. The Hall–Kier alpha value is -1.88. The number of carboxylic acid groups (broad SMARTS) is 1. The van der Waals surface area contributed by atoms with Crippen LogP contribution in [0, 0.1) is 12.8 Å². The van der Waals surface area contributed by atoms with Gasteiger partial charge in [-0.3, -0.25) is 4.79 Å². The zero-order valence-corrected chi connectivity index (χ0v) is 10.1. The van der Waals surface area contributed by atoms with E-state index in [1.165, 1.54) is 6.07 Å². The number of benzene rings is 1. The SMILES string of the molecule is Cc1c(NC(=O)C2CCOC2)cccc1C(=O)O. The maximum Gasteiger partial charge on any atom is 0.336 e. The van der Waals surface area contributed by atoms with Gasteiger partial charge in [0.2, 0.25) is 5.91 Å². The molecule has 1 fully saturated rings. The quantitative estimate of drug-likeness (QED) is 0.854. The summed E-state index contributed by atoms with van der Waals surface area (Å²) >= 11 is 0. The zero-order chi connectivity index (χ0) is 13.1. The number of hydrogen-bond acceptors (Lipinski definition) is 3. The maximum atomic E-state index is 11.9. The molecule has 2 N–H and O–H groups in total. The minimum atomic E-state index is -0.993. The fourth-order valence-corrected chi connectivity index (χ4v) is 1.98. The van der Waals surface area contributed by atoms with E-state index in [0.717, 1.165) is 0 Å². The summed E-state index contributed by atoms with van der Waals surface area (Å²) in [5, 5.41) is 11.8. The predicted octanol–water partition coefficient (Wildman–Crippen LogP) is 1.67. The van der Waals surface area contributed by atoms with Crippen LogP contribution in [0.5, 0.6) is 0 Å². The average molecular weight is 249 g/mol. The van der Waals surface area contributed by atoms with Crippen LogP contribution in [0.25, 0.3) is 0 Å². The van der Waals surface area contributed by atoms with Gasteiger partial charge in [-0.15, -0.1) is 0 Å². The highest BCUT2D eigenvalue weighted by Crippen LogP contribution is 2.21. The summed E-state index contributed by atoms with van der Waals surface area (Å²) in [6, 6.07) is 4.85. The van der Waals surface area contributed by atoms with Gasteiger partial charge in [-0.1, -0.05) is 6.07 Å². The molecule has 0 radical (unpaired) electrons. The van der Waals surface area contributed by atoms with Crippen molar-refractivity contribution in [2.24, 2.45) is 5.92 Å². The van der Waals surface area contributed by atoms with Gasteiger partial charge in [0.05, 0.1) is 18.1 Å². The second-order valence-electron chi connectivity index (χ2n) is 4.33. The van der Waals surface area contributed by atoms with Gasteiger partial charge in [0.25, 0.3) is 0 Å². The molecule has 5 nitrogen and oxygen atoms in total. The van der Waals surface area contributed by atoms with E-state index in [1.807, 2.05) is 0 Å². The van der Waals surface area contributed by atoms with Gasteiger partial charge in [-0.05, 0) is 31.0 Å². The van der Waals surface area contributed by atoms with Gasteiger partial charge in [0, 0.05) is 12.3 Å². The van der Waals surface area contributed by atoms with Gasteiger partial charge in [0.15, 0.2) is 0 Å². The number of nitrogens with one attached hydrogen (secondary N) is 1. The van der Waals surface area contributed by atoms with Crippen LogP contribution in [-0.4, -0.2) is 30.2 Å². The third kappa shape index (κ3) is 2.51. The molecule has 1 unspecified atom stereocenters. The minimum absolute atomic E-state index is 0.113. The van der Waals surface area contributed by atoms with Crippen molar-refractivity contribution in [2.45, 2.75) is 13.3 Å². The van der Waals surface area contributed by atoms with E-state index in [0.29, 0.717) is 30.9 Å². The summed E-state index contributed by atoms with van der Waals surface area (Å²) in [5.74, 6) is -1.25. The van der Waals surface area contributed by atoms with Crippen LogP contribution in [0.3, 0.4) is 0 Å². The second kappa shape index (κ2) is 5.18. The van der Waals surface area contributed by atoms with Gasteiger partial charge in [0.1, 0.15) is 0 Å². The summed E-state index contributed by atoms with van der Waals surface area (Å²) < 4.78 is 5.15. The van der Waals surface area contributed by atoms with Crippen LogP contribution in [0.1, 0.15) is 22.3 Å². The molecule has 96 valence electrons. The van der Waals surface area contributed by atoms with Crippen LogP contribution in [0.4, 0.5) is 5.69 Å². The van der Waals surface area contributed by atoms with Crippen LogP contribution in [0.15, 0.2) is 18.2 Å². The van der Waals surface area contributed by atoms with Crippen molar-refractivity contribution in [3.63, 3.8) is 0 Å². The predicted molar refractivity (Wildman–Crippen MR) is 65.7 cm³/mol. The number of hydrogen-bond donors (Lipinski definition) is 2. The summed E-state index contributed by atoms with van der Waals surface area (Å²) in [6.45, 7) is 2.72. The highest BCUT2D eigenvalue weighted by atomic mass is 16.5. The fraction of sp³-hybridized carbons (Fsp3) is 0.385. The van der Waals surface area contributed by atoms with Gasteiger partial charge in [-0.25, -0.2) is 4.79 Å². The number of anilines is 1. The van der Waals surface area contributed by atoms with Crippen molar-refractivity contribution in [2.75, 3.05) is 18.5 Å². The normalized spacial score (nSPS) is 18.6. The molecular weight excluding hydrogens is 234 g/mol. The van der Waals surface area contributed by atoms with E-state index >= 15 is 0 Å². The molecule has 0 aliphatic carbocycles. The summed E-state index contributed by atoms with van der Waals surface area (Å²) in [5.41, 5.74) is 1.32. The van der Waals surface area contributed by atoms with E-state index in [-0.39, 0.29) is 17.4 Å². The van der Waals surface area contributed by atoms with Crippen LogP contribution >= 0.6 is 0 Å². The number of carboxylic acids is 1. The first-order valence-corrected chi connectivity index (χ1v) is 5.81. The smallest absolute Gasteiger partial charge is 0.336 e. The Kier molecular flexibility index (Phi) is 3.62. The average Bonchev–Trinajstić information content (AvgIpc) is 2.85. The van der Waals surface area contributed by atoms with E-state index in [4.69, 9.17) is 9.84 Å². The third-order valence-corrected chi connectivity index (χ3v) is 3.12. The molecule has 1 amide bonds. The highest BCUT2D eigenvalue weighted by molar-refractivity contribution is 5.97. The van der Waals surface area contributed by atoms with Crippen molar-refractivity contribution in [3.05, 3.63) is 29.3 Å². The topological polar surface area (TPSA) is 75.6 Å². The Balaban J connectivity index is 2.16. The maximum absolute atomic E-state index is 11.9. The van der Waals surface area contributed by atoms with Crippen molar-refractivity contribution in [1.82, 2.24) is 0 Å². The Bertz CT molecular complexity index is 478. The molecule has 18 heavy (non-hydrogen) atoms. The summed E-state index contributed by atoms with van der Waals surface area (Å²) in [6.07, 6.45) is 0.712. The van der Waals surface area contributed by atoms with Crippen LogP contribution < -0.4 is 5.32 Å². The molecule has 0 spiro atoms. The standard InChI is InChI=1S/C13H15NO4/c1-8-10(13(16)17)3-2-4-11(8)14-12(15)9-5-6-18-7-9/h2-4,9H,5-7H2,1H3,(H,14,15)(H,16,17). The molecule has 1 heterocycles. The number of carbonyl (C=O) groups excluding carboxylic acids is 1. The van der Waals surface area contributed by atoms with Gasteiger partial charge < -0.3 is 15.2 Å². The molecule has 1 saturated heterocycles. The zero-order valence-electron chi connectivity index (χ0n) is 10.1. The lowest BCUT2D eigenvalue weighted by Crippen LogP contribution is -2.23. The van der Waals surface area contributed by atoms with Gasteiger partial charge >= 0.3 is 5.97 Å². The molecule has 1 aliphatic rings. The largest absolute Gasteiger partial charge is 0.478 e. The fourth-order valence-electron chi connectivity index (χ4n) is 1.98. The number of ether oxygens (including phenoxy) is 1. The molecule has 1 aromatic carbocycles. The lowest BCUT2D eigenvalue weighted by molar-refractivity contribution is -0.119. The van der Waals surface area contributed by atoms with E-state index in [9.17, 15) is 9.59 Å². The molecule has 0 saturated carbocycles. The first kappa shape index (κ1) is 12.6. The Morgan fingerprint density at radius 1 is 1.44 bits per heavy atom. The number of carbonyl (C=O) groups is 2. The molecule has 2 rings (SSSR count). The molecule has 1 aromatic rings. The molecule has 5 heteroatoms. The van der Waals surface area contributed by atoms with Crippen LogP contribution in [0.2, 0.25) is 0 Å². The summed E-state index contributed by atoms with van der Waals surface area (Å²) in [7, 11) is 0. The minimum Gasteiger partial charge on any atom is -0.478 e. The third-order valence-electron chi connectivity index (χ3n) is 3.12. The number of amides is 1. The van der Waals surface area contributed by atoms with E-state index in [2.05, 4.69) is 5.32 Å². The van der Waals surface area contributed by atoms with E-state index in [1.54, 1.807) is 19.1 Å². The van der Waals surface area contributed by atoms with Gasteiger partial charge in [-0.2, -0.15) is 0 Å². The lowest BCUT2D eigenvalue weighted by Gasteiger charge is -2.12. The van der Waals surface area contributed by atoms with Crippen molar-refractivity contribution in [3.8, 4) is 0 Å². The Morgan fingerprint density at radius 2 is 2.22 bits per heavy atom. The molecule has 1 atom stereocenters.